The quantitative estimate of drug-likeness (QED) is 0.516. The van der Waals surface area contributed by atoms with Crippen molar-refractivity contribution >= 4 is 39.4 Å². The van der Waals surface area contributed by atoms with Crippen LogP contribution in [0.1, 0.15) is 10.4 Å². The summed E-state index contributed by atoms with van der Waals surface area (Å²) in [6.45, 7) is 0. The Bertz CT molecular complexity index is 913. The fraction of sp³-hybridized carbons (Fsp3) is 0. The highest BCUT2D eigenvalue weighted by molar-refractivity contribution is 6.68. The van der Waals surface area contributed by atoms with Gasteiger partial charge >= 0.3 is 5.63 Å². The normalized spacial score (nSPS) is 10.8. The SMILES string of the molecule is O=C(Cl)c1ccc(-c2cc3ccccc3oc2=O)cc1Cl. The predicted molar refractivity (Wildman–Crippen MR) is 83.1 cm³/mol. The molecule has 0 aliphatic carbocycles. The van der Waals surface area contributed by atoms with Crippen LogP contribution in [0.25, 0.3) is 22.1 Å². The van der Waals surface area contributed by atoms with E-state index in [9.17, 15) is 9.59 Å². The lowest BCUT2D eigenvalue weighted by atomic mass is 10.0. The van der Waals surface area contributed by atoms with Crippen molar-refractivity contribution in [1.82, 2.24) is 0 Å². The second-order valence-corrected chi connectivity index (χ2v) is 5.20. The molecular formula is C16H8Cl2O3. The molecule has 104 valence electrons. The van der Waals surface area contributed by atoms with Crippen molar-refractivity contribution in [3.05, 3.63) is 69.5 Å². The maximum absolute atomic E-state index is 12.1. The van der Waals surface area contributed by atoms with Crippen molar-refractivity contribution in [2.45, 2.75) is 0 Å². The number of halogens is 2. The van der Waals surface area contributed by atoms with Gasteiger partial charge in [-0.25, -0.2) is 4.79 Å². The summed E-state index contributed by atoms with van der Waals surface area (Å²) in [5, 5.41) is 0.359. The molecule has 5 heteroatoms. The van der Waals surface area contributed by atoms with E-state index in [2.05, 4.69) is 0 Å². The van der Waals surface area contributed by atoms with Crippen LogP contribution in [0.3, 0.4) is 0 Å². The van der Waals surface area contributed by atoms with Crippen molar-refractivity contribution in [2.24, 2.45) is 0 Å². The van der Waals surface area contributed by atoms with E-state index in [1.54, 1.807) is 24.3 Å². The average Bonchev–Trinajstić information content (AvgIpc) is 2.46. The molecule has 0 aliphatic rings. The zero-order valence-corrected chi connectivity index (χ0v) is 12.1. The highest BCUT2D eigenvalue weighted by atomic mass is 35.5. The number of para-hydroxylation sites is 1. The molecule has 1 heterocycles. The molecule has 0 N–H and O–H groups in total. The molecule has 2 aromatic carbocycles. The first kappa shape index (κ1) is 13.9. The summed E-state index contributed by atoms with van der Waals surface area (Å²) in [4.78, 5) is 23.2. The van der Waals surface area contributed by atoms with Crippen LogP contribution in [-0.2, 0) is 0 Å². The Labute approximate surface area is 129 Å². The minimum Gasteiger partial charge on any atom is -0.422 e. The lowest BCUT2D eigenvalue weighted by Gasteiger charge is -2.05. The molecule has 0 aliphatic heterocycles. The third-order valence-electron chi connectivity index (χ3n) is 3.13. The van der Waals surface area contributed by atoms with Crippen LogP contribution in [0, 0.1) is 0 Å². The summed E-state index contributed by atoms with van der Waals surface area (Å²) in [5.41, 5.74) is 1.21. The first-order chi connectivity index (χ1) is 10.1. The standard InChI is InChI=1S/C16H8Cl2O3/c17-13-8-9(5-6-11(13)15(18)19)12-7-10-3-1-2-4-14(10)21-16(12)20/h1-8H. The number of carbonyl (C=O) groups is 1. The molecule has 0 saturated carbocycles. The van der Waals surface area contributed by atoms with Gasteiger partial charge in [0.25, 0.3) is 5.24 Å². The van der Waals surface area contributed by atoms with Crippen molar-refractivity contribution in [3.63, 3.8) is 0 Å². The second-order valence-electron chi connectivity index (χ2n) is 4.45. The molecule has 0 unspecified atom stereocenters. The van der Waals surface area contributed by atoms with Crippen molar-refractivity contribution in [1.29, 1.82) is 0 Å². The van der Waals surface area contributed by atoms with Crippen LogP contribution < -0.4 is 5.63 Å². The topological polar surface area (TPSA) is 47.3 Å². The zero-order valence-electron chi connectivity index (χ0n) is 10.6. The van der Waals surface area contributed by atoms with Crippen molar-refractivity contribution in [2.75, 3.05) is 0 Å². The number of benzene rings is 2. The first-order valence-corrected chi connectivity index (χ1v) is 6.84. The van der Waals surface area contributed by atoms with E-state index in [1.807, 2.05) is 12.1 Å². The van der Waals surface area contributed by atoms with Gasteiger partial charge in [-0.15, -0.1) is 0 Å². The van der Waals surface area contributed by atoms with Gasteiger partial charge in [0.15, 0.2) is 0 Å². The number of hydrogen-bond acceptors (Lipinski definition) is 3. The average molecular weight is 319 g/mol. The Morgan fingerprint density at radius 3 is 2.52 bits per heavy atom. The van der Waals surface area contributed by atoms with Crippen molar-refractivity contribution in [3.8, 4) is 11.1 Å². The maximum Gasteiger partial charge on any atom is 0.344 e. The number of hydrogen-bond donors (Lipinski definition) is 0. The van der Waals surface area contributed by atoms with Gasteiger partial charge in [0, 0.05) is 5.39 Å². The minimum absolute atomic E-state index is 0.194. The summed E-state index contributed by atoms with van der Waals surface area (Å²) in [6, 6.07) is 13.6. The van der Waals surface area contributed by atoms with E-state index in [0.717, 1.165) is 5.39 Å². The molecule has 0 bridgehead atoms. The van der Waals surface area contributed by atoms with Gasteiger partial charge in [0.1, 0.15) is 5.58 Å². The van der Waals surface area contributed by atoms with E-state index >= 15 is 0 Å². The van der Waals surface area contributed by atoms with Crippen LogP contribution in [-0.4, -0.2) is 5.24 Å². The van der Waals surface area contributed by atoms with Gasteiger partial charge < -0.3 is 4.42 Å². The Hall–Kier alpha value is -2.10. The summed E-state index contributed by atoms with van der Waals surface area (Å²) in [7, 11) is 0. The Morgan fingerprint density at radius 2 is 1.81 bits per heavy atom. The van der Waals surface area contributed by atoms with Crippen LogP contribution in [0.2, 0.25) is 5.02 Å². The largest absolute Gasteiger partial charge is 0.422 e. The summed E-state index contributed by atoms with van der Waals surface area (Å²) in [6.07, 6.45) is 0. The molecule has 21 heavy (non-hydrogen) atoms. The molecule has 3 rings (SSSR count). The van der Waals surface area contributed by atoms with Crippen LogP contribution in [0.4, 0.5) is 0 Å². The summed E-state index contributed by atoms with van der Waals surface area (Å²) in [5.74, 6) is 0. The Kier molecular flexibility index (Phi) is 3.53. The molecule has 3 aromatic rings. The van der Waals surface area contributed by atoms with E-state index in [1.165, 1.54) is 12.1 Å². The number of fused-ring (bicyclic) bond motifs is 1. The zero-order chi connectivity index (χ0) is 15.0. The van der Waals surface area contributed by atoms with Gasteiger partial charge in [-0.2, -0.15) is 0 Å². The molecule has 0 atom stereocenters. The molecule has 1 aromatic heterocycles. The number of carbonyl (C=O) groups excluding carboxylic acids is 1. The van der Waals surface area contributed by atoms with Crippen LogP contribution in [0.5, 0.6) is 0 Å². The Morgan fingerprint density at radius 1 is 1.05 bits per heavy atom. The maximum atomic E-state index is 12.1. The van der Waals surface area contributed by atoms with E-state index in [0.29, 0.717) is 16.7 Å². The Balaban J connectivity index is 2.20. The van der Waals surface area contributed by atoms with E-state index in [-0.39, 0.29) is 10.6 Å². The highest BCUT2D eigenvalue weighted by Gasteiger charge is 2.12. The first-order valence-electron chi connectivity index (χ1n) is 6.09. The molecule has 0 amide bonds. The molecular weight excluding hydrogens is 311 g/mol. The van der Waals surface area contributed by atoms with Gasteiger partial charge in [0.2, 0.25) is 0 Å². The van der Waals surface area contributed by atoms with Crippen LogP contribution >= 0.6 is 23.2 Å². The van der Waals surface area contributed by atoms with Crippen LogP contribution in [0.15, 0.2) is 57.7 Å². The summed E-state index contributed by atoms with van der Waals surface area (Å²) >= 11 is 11.4. The smallest absolute Gasteiger partial charge is 0.344 e. The molecule has 0 radical (unpaired) electrons. The van der Waals surface area contributed by atoms with Gasteiger partial charge in [-0.05, 0) is 41.4 Å². The molecule has 3 nitrogen and oxygen atoms in total. The minimum atomic E-state index is -0.642. The predicted octanol–water partition coefficient (Wildman–Crippen LogP) is 4.49. The number of rotatable bonds is 2. The third kappa shape index (κ3) is 2.58. The van der Waals surface area contributed by atoms with Gasteiger partial charge in [-0.1, -0.05) is 35.9 Å². The highest BCUT2D eigenvalue weighted by Crippen LogP contribution is 2.26. The van der Waals surface area contributed by atoms with E-state index in [4.69, 9.17) is 27.6 Å². The van der Waals surface area contributed by atoms with Crippen molar-refractivity contribution < 1.29 is 9.21 Å². The monoisotopic (exact) mass is 318 g/mol. The third-order valence-corrected chi connectivity index (χ3v) is 3.65. The van der Waals surface area contributed by atoms with Gasteiger partial charge in [-0.3, -0.25) is 4.79 Å². The molecule has 0 spiro atoms. The molecule has 0 saturated heterocycles. The van der Waals surface area contributed by atoms with E-state index < -0.39 is 10.9 Å². The molecule has 0 fully saturated rings. The fourth-order valence-electron chi connectivity index (χ4n) is 2.11. The second kappa shape index (κ2) is 5.35. The summed E-state index contributed by atoms with van der Waals surface area (Å²) < 4.78 is 5.27. The lowest BCUT2D eigenvalue weighted by Crippen LogP contribution is -2.03. The van der Waals surface area contributed by atoms with Gasteiger partial charge in [0.05, 0.1) is 16.1 Å². The fourth-order valence-corrected chi connectivity index (χ4v) is 2.58. The lowest BCUT2D eigenvalue weighted by molar-refractivity contribution is 0.108.